The van der Waals surface area contributed by atoms with Gasteiger partial charge in [-0.25, -0.2) is 21.5 Å². The van der Waals surface area contributed by atoms with Crippen molar-refractivity contribution < 1.29 is 17.2 Å². The van der Waals surface area contributed by atoms with Crippen molar-refractivity contribution in [2.75, 3.05) is 6.54 Å². The molecule has 0 spiro atoms. The van der Waals surface area contributed by atoms with Gasteiger partial charge in [0.25, 0.3) is 16.4 Å². The van der Waals surface area contributed by atoms with E-state index in [9.17, 15) is 17.2 Å². The SMILES string of the molecule is Cc1ccc(S(=O)(=O)N2C(Cc3ccccc3)=NCC2C(F)F)cc1. The Kier molecular flexibility index (Phi) is 4.85. The van der Waals surface area contributed by atoms with Crippen LogP contribution in [0.4, 0.5) is 8.78 Å². The number of aryl methyl sites for hydroxylation is 1. The average molecular weight is 364 g/mol. The number of halogens is 2. The van der Waals surface area contributed by atoms with Crippen LogP contribution in [0.25, 0.3) is 0 Å². The van der Waals surface area contributed by atoms with Gasteiger partial charge in [-0.05, 0) is 24.6 Å². The van der Waals surface area contributed by atoms with Gasteiger partial charge in [0.15, 0.2) is 0 Å². The molecule has 0 bridgehead atoms. The Morgan fingerprint density at radius 1 is 1.12 bits per heavy atom. The van der Waals surface area contributed by atoms with E-state index in [4.69, 9.17) is 0 Å². The maximum atomic E-state index is 13.4. The normalized spacial score (nSPS) is 17.8. The maximum absolute atomic E-state index is 13.4. The number of hydrogen-bond donors (Lipinski definition) is 0. The number of amidine groups is 1. The summed E-state index contributed by atoms with van der Waals surface area (Å²) in [5.74, 6) is 0.150. The second kappa shape index (κ2) is 6.92. The van der Waals surface area contributed by atoms with E-state index in [1.54, 1.807) is 12.1 Å². The molecule has 25 heavy (non-hydrogen) atoms. The Hall–Kier alpha value is -2.28. The Labute approximate surface area is 145 Å². The molecule has 7 heteroatoms. The smallest absolute Gasteiger partial charge is 0.265 e. The third-order valence-electron chi connectivity index (χ3n) is 4.09. The van der Waals surface area contributed by atoms with Crippen molar-refractivity contribution in [3.63, 3.8) is 0 Å². The van der Waals surface area contributed by atoms with E-state index in [1.165, 1.54) is 12.1 Å². The van der Waals surface area contributed by atoms with E-state index in [2.05, 4.69) is 4.99 Å². The van der Waals surface area contributed by atoms with Gasteiger partial charge in [0, 0.05) is 6.42 Å². The highest BCUT2D eigenvalue weighted by molar-refractivity contribution is 7.89. The van der Waals surface area contributed by atoms with Crippen molar-refractivity contribution in [1.29, 1.82) is 0 Å². The van der Waals surface area contributed by atoms with Crippen molar-refractivity contribution in [1.82, 2.24) is 4.31 Å². The molecule has 0 saturated heterocycles. The first-order chi connectivity index (χ1) is 11.9. The molecule has 1 aliphatic rings. The molecule has 1 unspecified atom stereocenters. The summed E-state index contributed by atoms with van der Waals surface area (Å²) in [6, 6.07) is 13.8. The first-order valence-corrected chi connectivity index (χ1v) is 9.30. The predicted octanol–water partition coefficient (Wildman–Crippen LogP) is 3.27. The van der Waals surface area contributed by atoms with Crippen molar-refractivity contribution in [3.8, 4) is 0 Å². The molecule has 0 N–H and O–H groups in total. The van der Waals surface area contributed by atoms with Crippen LogP contribution in [0.1, 0.15) is 11.1 Å². The summed E-state index contributed by atoms with van der Waals surface area (Å²) in [7, 11) is -4.10. The zero-order valence-electron chi connectivity index (χ0n) is 13.6. The number of aliphatic imine (C=N–C) groups is 1. The molecule has 1 atom stereocenters. The largest absolute Gasteiger partial charge is 0.269 e. The van der Waals surface area contributed by atoms with Crippen LogP contribution in [-0.4, -0.2) is 37.6 Å². The summed E-state index contributed by atoms with van der Waals surface area (Å²) >= 11 is 0. The third kappa shape index (κ3) is 3.56. The quantitative estimate of drug-likeness (QED) is 0.818. The van der Waals surface area contributed by atoms with Gasteiger partial charge in [-0.3, -0.25) is 4.99 Å². The maximum Gasteiger partial charge on any atom is 0.265 e. The summed E-state index contributed by atoms with van der Waals surface area (Å²) in [6.07, 6.45) is -2.62. The van der Waals surface area contributed by atoms with Crippen LogP contribution in [0.5, 0.6) is 0 Å². The number of alkyl halides is 2. The van der Waals surface area contributed by atoms with Gasteiger partial charge in [0.1, 0.15) is 11.9 Å². The van der Waals surface area contributed by atoms with Gasteiger partial charge in [-0.15, -0.1) is 0 Å². The zero-order valence-corrected chi connectivity index (χ0v) is 14.5. The molecule has 0 radical (unpaired) electrons. The lowest BCUT2D eigenvalue weighted by molar-refractivity contribution is 0.0913. The molecule has 0 amide bonds. The number of rotatable bonds is 5. The van der Waals surface area contributed by atoms with Crippen molar-refractivity contribution in [3.05, 3.63) is 65.7 Å². The van der Waals surface area contributed by atoms with E-state index in [-0.39, 0.29) is 23.7 Å². The molecular formula is C18H18F2N2O2S. The molecule has 3 rings (SSSR count). The minimum atomic E-state index is -4.10. The van der Waals surface area contributed by atoms with Crippen LogP contribution in [-0.2, 0) is 16.4 Å². The second-order valence-corrected chi connectivity index (χ2v) is 7.75. The molecule has 2 aromatic rings. The molecule has 1 heterocycles. The zero-order chi connectivity index (χ0) is 18.0. The van der Waals surface area contributed by atoms with E-state index in [0.717, 1.165) is 15.4 Å². The van der Waals surface area contributed by atoms with Crippen LogP contribution in [0.2, 0.25) is 0 Å². The molecule has 132 valence electrons. The molecular weight excluding hydrogens is 346 g/mol. The standard InChI is InChI=1S/C18H18F2N2O2S/c1-13-7-9-15(10-8-13)25(23,24)22-16(18(19)20)12-21-17(22)11-14-5-3-2-4-6-14/h2-10,16,18H,11-12H2,1H3. The summed E-state index contributed by atoms with van der Waals surface area (Å²) in [6.45, 7) is 1.60. The third-order valence-corrected chi connectivity index (χ3v) is 5.96. The van der Waals surface area contributed by atoms with Gasteiger partial charge < -0.3 is 0 Å². The molecule has 0 aromatic heterocycles. The number of hydrogen-bond acceptors (Lipinski definition) is 3. The van der Waals surface area contributed by atoms with E-state index in [1.807, 2.05) is 37.3 Å². The lowest BCUT2D eigenvalue weighted by Crippen LogP contribution is -2.45. The van der Waals surface area contributed by atoms with Gasteiger partial charge in [-0.1, -0.05) is 48.0 Å². The van der Waals surface area contributed by atoms with Gasteiger partial charge >= 0.3 is 0 Å². The van der Waals surface area contributed by atoms with Gasteiger partial charge in [-0.2, -0.15) is 0 Å². The highest BCUT2D eigenvalue weighted by Crippen LogP contribution is 2.27. The van der Waals surface area contributed by atoms with Crippen LogP contribution in [0, 0.1) is 6.92 Å². The first kappa shape index (κ1) is 17.5. The lowest BCUT2D eigenvalue weighted by Gasteiger charge is -2.27. The molecule has 1 aliphatic heterocycles. The Morgan fingerprint density at radius 3 is 2.36 bits per heavy atom. The highest BCUT2D eigenvalue weighted by Gasteiger charge is 2.42. The lowest BCUT2D eigenvalue weighted by atomic mass is 10.1. The van der Waals surface area contributed by atoms with Crippen LogP contribution >= 0.6 is 0 Å². The highest BCUT2D eigenvalue weighted by atomic mass is 32.2. The van der Waals surface area contributed by atoms with Gasteiger partial charge in [0.05, 0.1) is 11.4 Å². The minimum absolute atomic E-state index is 0.00795. The molecule has 0 aliphatic carbocycles. The Balaban J connectivity index is 1.98. The molecule has 2 aromatic carbocycles. The topological polar surface area (TPSA) is 49.7 Å². The van der Waals surface area contributed by atoms with Gasteiger partial charge in [0.2, 0.25) is 0 Å². The summed E-state index contributed by atoms with van der Waals surface area (Å²) in [5.41, 5.74) is 1.71. The van der Waals surface area contributed by atoms with E-state index in [0.29, 0.717) is 0 Å². The fraction of sp³-hybridized carbons (Fsp3) is 0.278. The second-order valence-electron chi connectivity index (χ2n) is 5.94. The van der Waals surface area contributed by atoms with E-state index < -0.39 is 22.5 Å². The van der Waals surface area contributed by atoms with Crippen molar-refractivity contribution in [2.24, 2.45) is 4.99 Å². The molecule has 0 fully saturated rings. The number of nitrogens with zero attached hydrogens (tertiary/aromatic N) is 2. The summed E-state index contributed by atoms with van der Waals surface area (Å²) in [4.78, 5) is 4.10. The monoisotopic (exact) mass is 364 g/mol. The van der Waals surface area contributed by atoms with Crippen LogP contribution < -0.4 is 0 Å². The van der Waals surface area contributed by atoms with E-state index >= 15 is 0 Å². The minimum Gasteiger partial charge on any atom is -0.269 e. The van der Waals surface area contributed by atoms with Crippen LogP contribution in [0.15, 0.2) is 64.5 Å². The number of benzene rings is 2. The summed E-state index contributed by atoms with van der Waals surface area (Å²) < 4.78 is 53.6. The van der Waals surface area contributed by atoms with Crippen molar-refractivity contribution in [2.45, 2.75) is 30.7 Å². The Morgan fingerprint density at radius 2 is 1.76 bits per heavy atom. The first-order valence-electron chi connectivity index (χ1n) is 7.86. The summed E-state index contributed by atoms with van der Waals surface area (Å²) in [5, 5.41) is 0. The Bertz CT molecular complexity index is 866. The fourth-order valence-corrected chi connectivity index (χ4v) is 4.39. The molecule has 0 saturated carbocycles. The number of sulfonamides is 1. The molecule has 4 nitrogen and oxygen atoms in total. The predicted molar refractivity (Wildman–Crippen MR) is 92.4 cm³/mol. The van der Waals surface area contributed by atoms with Crippen molar-refractivity contribution >= 4 is 15.9 Å². The van der Waals surface area contributed by atoms with Crippen LogP contribution in [0.3, 0.4) is 0 Å². The average Bonchev–Trinajstić information content (AvgIpc) is 3.01. The fourth-order valence-electron chi connectivity index (χ4n) is 2.77.